The second kappa shape index (κ2) is 7.16. The Hall–Kier alpha value is -0.970. The molecule has 0 heterocycles. The number of rotatable bonds is 4. The molecule has 0 fully saturated rings. The zero-order valence-electron chi connectivity index (χ0n) is 10.8. The van der Waals surface area contributed by atoms with Crippen LogP contribution in [0.5, 0.6) is 0 Å². The topological polar surface area (TPSA) is 29.1 Å². The van der Waals surface area contributed by atoms with Gasteiger partial charge in [-0.2, -0.15) is 0 Å². The summed E-state index contributed by atoms with van der Waals surface area (Å²) in [5.41, 5.74) is 0.625. The summed E-state index contributed by atoms with van der Waals surface area (Å²) in [6.07, 6.45) is 0. The average molecular weight is 371 g/mol. The van der Waals surface area contributed by atoms with Crippen LogP contribution in [0.2, 0.25) is 5.02 Å². The van der Waals surface area contributed by atoms with E-state index >= 15 is 0 Å². The Kier molecular flexibility index (Phi) is 5.52. The van der Waals surface area contributed by atoms with Crippen molar-refractivity contribution in [3.05, 3.63) is 58.0 Å². The number of halogens is 2. The van der Waals surface area contributed by atoms with Gasteiger partial charge in [0.05, 0.1) is 16.0 Å². The number of carbonyl (C=O) groups is 1. The predicted octanol–water partition coefficient (Wildman–Crippen LogP) is 5.22. The van der Waals surface area contributed by atoms with Crippen molar-refractivity contribution in [2.75, 3.05) is 5.32 Å². The molecule has 5 heteroatoms. The van der Waals surface area contributed by atoms with E-state index in [0.717, 1.165) is 9.37 Å². The Balaban J connectivity index is 2.01. The monoisotopic (exact) mass is 369 g/mol. The first-order valence-electron chi connectivity index (χ1n) is 6.04. The fourth-order valence-electron chi connectivity index (χ4n) is 1.58. The molecular formula is C15H13BrClNOS. The summed E-state index contributed by atoms with van der Waals surface area (Å²) < 4.78 is 0.882. The molecule has 0 bridgehead atoms. The first kappa shape index (κ1) is 15.4. The van der Waals surface area contributed by atoms with Crippen LogP contribution in [-0.4, -0.2) is 11.2 Å². The minimum Gasteiger partial charge on any atom is -0.324 e. The van der Waals surface area contributed by atoms with Crippen LogP contribution in [0.3, 0.4) is 0 Å². The number of hydrogen-bond donors (Lipinski definition) is 1. The highest BCUT2D eigenvalue weighted by Crippen LogP contribution is 2.28. The number of hydrogen-bond acceptors (Lipinski definition) is 2. The standard InChI is InChI=1S/C15H13BrClNOS/c1-10(20-12-5-3-2-4-6-12)15(19)18-14-8-7-11(16)9-13(14)17/h2-10H,1H3,(H,18,19). The highest BCUT2D eigenvalue weighted by molar-refractivity contribution is 9.10. The van der Waals surface area contributed by atoms with E-state index in [9.17, 15) is 4.79 Å². The number of benzene rings is 2. The molecule has 1 unspecified atom stereocenters. The van der Waals surface area contributed by atoms with Gasteiger partial charge in [0.25, 0.3) is 0 Å². The van der Waals surface area contributed by atoms with Gasteiger partial charge < -0.3 is 5.32 Å². The SMILES string of the molecule is CC(Sc1ccccc1)C(=O)Nc1ccc(Br)cc1Cl. The van der Waals surface area contributed by atoms with E-state index in [2.05, 4.69) is 21.2 Å². The van der Waals surface area contributed by atoms with Gasteiger partial charge in [0.2, 0.25) is 5.91 Å². The van der Waals surface area contributed by atoms with Gasteiger partial charge in [-0.3, -0.25) is 4.79 Å². The van der Waals surface area contributed by atoms with Crippen molar-refractivity contribution < 1.29 is 4.79 Å². The van der Waals surface area contributed by atoms with E-state index in [4.69, 9.17) is 11.6 Å². The van der Waals surface area contributed by atoms with Crippen LogP contribution in [0, 0.1) is 0 Å². The molecule has 0 saturated heterocycles. The first-order valence-corrected chi connectivity index (χ1v) is 8.09. The molecule has 0 spiro atoms. The summed E-state index contributed by atoms with van der Waals surface area (Å²) in [4.78, 5) is 13.2. The lowest BCUT2D eigenvalue weighted by molar-refractivity contribution is -0.115. The molecule has 2 rings (SSSR count). The zero-order chi connectivity index (χ0) is 14.5. The van der Waals surface area contributed by atoms with Crippen molar-refractivity contribution in [1.29, 1.82) is 0 Å². The van der Waals surface area contributed by atoms with E-state index in [1.165, 1.54) is 11.8 Å². The number of carbonyl (C=O) groups excluding carboxylic acids is 1. The van der Waals surface area contributed by atoms with Gasteiger partial charge in [0, 0.05) is 9.37 Å². The van der Waals surface area contributed by atoms with E-state index in [1.54, 1.807) is 12.1 Å². The highest BCUT2D eigenvalue weighted by atomic mass is 79.9. The van der Waals surface area contributed by atoms with E-state index in [1.807, 2.05) is 43.3 Å². The second-order valence-corrected chi connectivity index (χ2v) is 6.92. The molecule has 20 heavy (non-hydrogen) atoms. The summed E-state index contributed by atoms with van der Waals surface area (Å²) >= 11 is 10.9. The highest BCUT2D eigenvalue weighted by Gasteiger charge is 2.15. The van der Waals surface area contributed by atoms with E-state index in [0.29, 0.717) is 10.7 Å². The molecular weight excluding hydrogens is 358 g/mol. The molecule has 0 aliphatic carbocycles. The number of amides is 1. The Bertz CT molecular complexity index is 606. The van der Waals surface area contributed by atoms with Crippen molar-refractivity contribution in [2.24, 2.45) is 0 Å². The lowest BCUT2D eigenvalue weighted by Gasteiger charge is -2.13. The molecule has 0 aromatic heterocycles. The minimum atomic E-state index is -0.197. The van der Waals surface area contributed by atoms with Gasteiger partial charge in [-0.15, -0.1) is 11.8 Å². The summed E-state index contributed by atoms with van der Waals surface area (Å²) in [6, 6.07) is 15.2. The summed E-state index contributed by atoms with van der Waals surface area (Å²) in [7, 11) is 0. The first-order chi connectivity index (χ1) is 9.56. The van der Waals surface area contributed by atoms with Crippen molar-refractivity contribution in [2.45, 2.75) is 17.1 Å². The van der Waals surface area contributed by atoms with Gasteiger partial charge in [-0.25, -0.2) is 0 Å². The molecule has 104 valence electrons. The van der Waals surface area contributed by atoms with Crippen LogP contribution in [0.25, 0.3) is 0 Å². The molecule has 1 atom stereocenters. The van der Waals surface area contributed by atoms with Crippen molar-refractivity contribution in [3.63, 3.8) is 0 Å². The minimum absolute atomic E-state index is 0.0666. The molecule has 2 nitrogen and oxygen atoms in total. The maximum absolute atomic E-state index is 12.2. The molecule has 0 saturated carbocycles. The van der Waals surface area contributed by atoms with Crippen LogP contribution in [0.1, 0.15) is 6.92 Å². The molecule has 2 aromatic rings. The Morgan fingerprint density at radius 2 is 1.95 bits per heavy atom. The molecule has 0 aliphatic rings. The zero-order valence-corrected chi connectivity index (χ0v) is 13.9. The molecule has 0 radical (unpaired) electrons. The van der Waals surface area contributed by atoms with Gasteiger partial charge in [0.1, 0.15) is 0 Å². The Morgan fingerprint density at radius 3 is 2.60 bits per heavy atom. The van der Waals surface area contributed by atoms with Gasteiger partial charge in [-0.05, 0) is 37.3 Å². The van der Waals surface area contributed by atoms with Gasteiger partial charge in [-0.1, -0.05) is 45.7 Å². The van der Waals surface area contributed by atoms with Gasteiger partial charge in [0.15, 0.2) is 0 Å². The van der Waals surface area contributed by atoms with Crippen molar-refractivity contribution in [3.8, 4) is 0 Å². The molecule has 1 N–H and O–H groups in total. The third-order valence-electron chi connectivity index (χ3n) is 2.61. The fraction of sp³-hybridized carbons (Fsp3) is 0.133. The lowest BCUT2D eigenvalue weighted by Crippen LogP contribution is -2.22. The Morgan fingerprint density at radius 1 is 1.25 bits per heavy atom. The van der Waals surface area contributed by atoms with Crippen LogP contribution in [-0.2, 0) is 4.79 Å². The van der Waals surface area contributed by atoms with Crippen molar-refractivity contribution in [1.82, 2.24) is 0 Å². The summed E-state index contributed by atoms with van der Waals surface area (Å²) in [5, 5.41) is 3.17. The van der Waals surface area contributed by atoms with E-state index < -0.39 is 0 Å². The smallest absolute Gasteiger partial charge is 0.237 e. The Labute approximate surface area is 136 Å². The normalized spacial score (nSPS) is 11.9. The van der Waals surface area contributed by atoms with Gasteiger partial charge >= 0.3 is 0 Å². The number of anilines is 1. The third kappa shape index (κ3) is 4.27. The average Bonchev–Trinajstić information content (AvgIpc) is 2.43. The quantitative estimate of drug-likeness (QED) is 0.747. The van der Waals surface area contributed by atoms with Crippen LogP contribution in [0.15, 0.2) is 57.9 Å². The third-order valence-corrected chi connectivity index (χ3v) is 4.53. The van der Waals surface area contributed by atoms with Crippen LogP contribution >= 0.6 is 39.3 Å². The molecule has 0 aliphatic heterocycles. The molecule has 2 aromatic carbocycles. The predicted molar refractivity (Wildman–Crippen MR) is 89.5 cm³/mol. The largest absolute Gasteiger partial charge is 0.324 e. The summed E-state index contributed by atoms with van der Waals surface area (Å²) in [5.74, 6) is -0.0666. The fourth-order valence-corrected chi connectivity index (χ4v) is 3.19. The summed E-state index contributed by atoms with van der Waals surface area (Å²) in [6.45, 7) is 1.87. The lowest BCUT2D eigenvalue weighted by atomic mass is 10.3. The van der Waals surface area contributed by atoms with E-state index in [-0.39, 0.29) is 11.2 Å². The van der Waals surface area contributed by atoms with Crippen LogP contribution in [0.4, 0.5) is 5.69 Å². The van der Waals surface area contributed by atoms with Crippen LogP contribution < -0.4 is 5.32 Å². The molecule has 1 amide bonds. The van der Waals surface area contributed by atoms with Crippen molar-refractivity contribution >= 4 is 50.9 Å². The maximum Gasteiger partial charge on any atom is 0.237 e. The maximum atomic E-state index is 12.2. The number of nitrogens with one attached hydrogen (secondary N) is 1. The second-order valence-electron chi connectivity index (χ2n) is 4.19. The number of thioether (sulfide) groups is 1.